The van der Waals surface area contributed by atoms with Crippen molar-refractivity contribution < 1.29 is 4.42 Å². The summed E-state index contributed by atoms with van der Waals surface area (Å²) in [4.78, 5) is 8.40. The molecule has 3 rings (SSSR count). The number of oxazole rings is 1. The molecule has 0 unspecified atom stereocenters. The molecule has 0 saturated heterocycles. The van der Waals surface area contributed by atoms with Crippen LogP contribution in [0.2, 0.25) is 10.0 Å². The van der Waals surface area contributed by atoms with Gasteiger partial charge in [0.25, 0.3) is 0 Å². The number of hydrogen-bond acceptors (Lipinski definition) is 3. The van der Waals surface area contributed by atoms with E-state index in [0.29, 0.717) is 27.2 Å². The van der Waals surface area contributed by atoms with Crippen molar-refractivity contribution in [2.24, 2.45) is 0 Å². The van der Waals surface area contributed by atoms with Gasteiger partial charge >= 0.3 is 0 Å². The third kappa shape index (κ3) is 1.88. The molecule has 0 aliphatic rings. The molecule has 17 heavy (non-hydrogen) atoms. The summed E-state index contributed by atoms with van der Waals surface area (Å²) in [5.74, 6) is 0.484. The summed E-state index contributed by atoms with van der Waals surface area (Å²) in [5, 5.41) is 0.976. The molecule has 2 heterocycles. The van der Waals surface area contributed by atoms with E-state index in [0.717, 1.165) is 5.56 Å². The van der Waals surface area contributed by atoms with E-state index >= 15 is 0 Å². The van der Waals surface area contributed by atoms with Gasteiger partial charge in [0.15, 0.2) is 0 Å². The molecule has 0 fully saturated rings. The minimum atomic E-state index is 0.472. The minimum Gasteiger partial charge on any atom is -0.418 e. The lowest BCUT2D eigenvalue weighted by molar-refractivity contribution is 0.608. The monoisotopic (exact) mass is 264 g/mol. The average molecular weight is 265 g/mol. The van der Waals surface area contributed by atoms with Crippen molar-refractivity contribution in [1.82, 2.24) is 9.97 Å². The van der Waals surface area contributed by atoms with E-state index in [1.54, 1.807) is 24.4 Å². The van der Waals surface area contributed by atoms with Crippen LogP contribution >= 0.6 is 23.2 Å². The highest BCUT2D eigenvalue weighted by Gasteiger charge is 2.09. The molecule has 0 aliphatic carbocycles. The fourth-order valence-corrected chi connectivity index (χ4v) is 1.82. The van der Waals surface area contributed by atoms with Gasteiger partial charge in [-0.1, -0.05) is 23.2 Å². The van der Waals surface area contributed by atoms with Gasteiger partial charge in [-0.05, 0) is 30.3 Å². The molecule has 3 aromatic rings. The first-order valence-electron chi connectivity index (χ1n) is 4.91. The van der Waals surface area contributed by atoms with Gasteiger partial charge in [0.05, 0.1) is 10.0 Å². The normalized spacial score (nSPS) is 10.9. The van der Waals surface area contributed by atoms with E-state index in [4.69, 9.17) is 27.6 Å². The molecule has 1 aromatic carbocycles. The van der Waals surface area contributed by atoms with Gasteiger partial charge in [0.1, 0.15) is 5.52 Å². The van der Waals surface area contributed by atoms with E-state index in [1.807, 2.05) is 12.1 Å². The van der Waals surface area contributed by atoms with Crippen LogP contribution in [0.15, 0.2) is 40.9 Å². The summed E-state index contributed by atoms with van der Waals surface area (Å²) >= 11 is 11.8. The molecule has 2 aromatic heterocycles. The lowest BCUT2D eigenvalue weighted by Crippen LogP contribution is -1.77. The van der Waals surface area contributed by atoms with Crippen molar-refractivity contribution >= 4 is 34.4 Å². The number of benzene rings is 1. The van der Waals surface area contributed by atoms with E-state index < -0.39 is 0 Å². The highest BCUT2D eigenvalue weighted by molar-refractivity contribution is 6.42. The van der Waals surface area contributed by atoms with Crippen molar-refractivity contribution in [1.29, 1.82) is 0 Å². The van der Waals surface area contributed by atoms with Gasteiger partial charge in [0.2, 0.25) is 11.6 Å². The average Bonchev–Trinajstić information content (AvgIpc) is 2.76. The van der Waals surface area contributed by atoms with E-state index in [2.05, 4.69) is 9.97 Å². The van der Waals surface area contributed by atoms with Crippen molar-refractivity contribution in [3.05, 3.63) is 46.6 Å². The Kier molecular flexibility index (Phi) is 2.50. The summed E-state index contributed by atoms with van der Waals surface area (Å²) in [6.45, 7) is 0. The van der Waals surface area contributed by atoms with Crippen LogP contribution in [0.1, 0.15) is 0 Å². The Hall–Kier alpha value is -1.58. The Bertz CT molecular complexity index is 661. The molecule has 0 amide bonds. The summed E-state index contributed by atoms with van der Waals surface area (Å²) in [6, 6.07) is 8.88. The lowest BCUT2D eigenvalue weighted by Gasteiger charge is -1.97. The van der Waals surface area contributed by atoms with Crippen molar-refractivity contribution in [2.75, 3.05) is 0 Å². The number of fused-ring (bicyclic) bond motifs is 1. The number of hydrogen-bond donors (Lipinski definition) is 0. The molecule has 84 valence electrons. The van der Waals surface area contributed by atoms with Gasteiger partial charge in [-0.2, -0.15) is 0 Å². The predicted molar refractivity (Wildman–Crippen MR) is 67.3 cm³/mol. The summed E-state index contributed by atoms with van der Waals surface area (Å²) in [5.41, 5.74) is 2.00. The number of rotatable bonds is 1. The Morgan fingerprint density at radius 2 is 1.94 bits per heavy atom. The number of aromatic nitrogens is 2. The molecule has 0 saturated carbocycles. The maximum Gasteiger partial charge on any atom is 0.247 e. The second-order valence-electron chi connectivity index (χ2n) is 3.48. The van der Waals surface area contributed by atoms with Crippen LogP contribution in [0, 0.1) is 0 Å². The second-order valence-corrected chi connectivity index (χ2v) is 4.29. The van der Waals surface area contributed by atoms with Crippen LogP contribution in [-0.4, -0.2) is 9.97 Å². The van der Waals surface area contributed by atoms with Gasteiger partial charge < -0.3 is 4.42 Å². The molecule has 0 N–H and O–H groups in total. The zero-order chi connectivity index (χ0) is 11.8. The predicted octanol–water partition coefficient (Wildman–Crippen LogP) is 4.20. The third-order valence-electron chi connectivity index (χ3n) is 2.33. The largest absolute Gasteiger partial charge is 0.418 e. The van der Waals surface area contributed by atoms with Crippen LogP contribution in [0.5, 0.6) is 0 Å². The quantitative estimate of drug-likeness (QED) is 0.662. The minimum absolute atomic E-state index is 0.472. The Morgan fingerprint density at radius 3 is 2.71 bits per heavy atom. The molecule has 5 heteroatoms. The first-order valence-corrected chi connectivity index (χ1v) is 5.66. The molecule has 0 bridgehead atoms. The van der Waals surface area contributed by atoms with Crippen LogP contribution in [0.25, 0.3) is 22.7 Å². The Labute approximate surface area is 107 Å². The van der Waals surface area contributed by atoms with Crippen LogP contribution < -0.4 is 0 Å². The Morgan fingerprint density at radius 1 is 1.06 bits per heavy atom. The summed E-state index contributed by atoms with van der Waals surface area (Å²) in [7, 11) is 0. The SMILES string of the molecule is Clc1ccc(-c2nc3cccnc3o2)cc1Cl. The topological polar surface area (TPSA) is 38.9 Å². The molecule has 0 atom stereocenters. The number of nitrogens with zero attached hydrogens (tertiary/aromatic N) is 2. The molecule has 0 radical (unpaired) electrons. The highest BCUT2D eigenvalue weighted by atomic mass is 35.5. The standard InChI is InChI=1S/C12H6Cl2N2O/c13-8-4-3-7(6-9(8)14)11-16-10-2-1-5-15-12(10)17-11/h1-6H. The molecule has 0 aliphatic heterocycles. The molecular formula is C12H6Cl2N2O. The third-order valence-corrected chi connectivity index (χ3v) is 3.07. The smallest absolute Gasteiger partial charge is 0.247 e. The fourth-order valence-electron chi connectivity index (χ4n) is 1.52. The van der Waals surface area contributed by atoms with Crippen LogP contribution in [0.3, 0.4) is 0 Å². The maximum absolute atomic E-state index is 5.95. The van der Waals surface area contributed by atoms with E-state index in [9.17, 15) is 0 Å². The van der Waals surface area contributed by atoms with Crippen molar-refractivity contribution in [2.45, 2.75) is 0 Å². The van der Waals surface area contributed by atoms with Gasteiger partial charge in [-0.3, -0.25) is 0 Å². The zero-order valence-electron chi connectivity index (χ0n) is 8.52. The van der Waals surface area contributed by atoms with Gasteiger partial charge in [-0.15, -0.1) is 0 Å². The maximum atomic E-state index is 5.95. The second kappa shape index (κ2) is 4.02. The molecular weight excluding hydrogens is 259 g/mol. The van der Waals surface area contributed by atoms with Crippen LogP contribution in [-0.2, 0) is 0 Å². The van der Waals surface area contributed by atoms with Gasteiger partial charge in [-0.25, -0.2) is 9.97 Å². The summed E-state index contributed by atoms with van der Waals surface area (Å²) in [6.07, 6.45) is 1.66. The van der Waals surface area contributed by atoms with E-state index in [1.165, 1.54) is 0 Å². The molecule has 0 spiro atoms. The Balaban J connectivity index is 2.17. The van der Waals surface area contributed by atoms with Gasteiger partial charge in [0, 0.05) is 11.8 Å². The number of halogens is 2. The van der Waals surface area contributed by atoms with Crippen LogP contribution in [0.4, 0.5) is 0 Å². The fraction of sp³-hybridized carbons (Fsp3) is 0. The first kappa shape index (κ1) is 10.6. The summed E-state index contributed by atoms with van der Waals surface area (Å²) < 4.78 is 5.52. The molecule has 3 nitrogen and oxygen atoms in total. The van der Waals surface area contributed by atoms with Crippen molar-refractivity contribution in [3.63, 3.8) is 0 Å². The first-order chi connectivity index (χ1) is 8.24. The van der Waals surface area contributed by atoms with E-state index in [-0.39, 0.29) is 0 Å². The van der Waals surface area contributed by atoms with Crippen molar-refractivity contribution in [3.8, 4) is 11.5 Å². The highest BCUT2D eigenvalue weighted by Crippen LogP contribution is 2.29. The number of pyridine rings is 1. The lowest BCUT2D eigenvalue weighted by atomic mass is 10.2. The zero-order valence-corrected chi connectivity index (χ0v) is 10.0.